The molecule has 9 heteroatoms. The largest absolute Gasteiger partial charge is 0.372 e. The predicted molar refractivity (Wildman–Crippen MR) is 48.3 cm³/mol. The molecule has 0 aromatic carbocycles. The summed E-state index contributed by atoms with van der Waals surface area (Å²) in [6, 6.07) is 0. The van der Waals surface area contributed by atoms with Gasteiger partial charge >= 0.3 is 0 Å². The Bertz CT molecular complexity index is 438. The van der Waals surface area contributed by atoms with E-state index in [9.17, 15) is 18.0 Å². The molecule has 84 valence electrons. The minimum atomic E-state index is -4.15. The van der Waals surface area contributed by atoms with Crippen molar-refractivity contribution in [3.8, 4) is 0 Å². The monoisotopic (exact) mass is 235 g/mol. The maximum Gasteiger partial charge on any atom is 0.298 e. The van der Waals surface area contributed by atoms with E-state index in [4.69, 9.17) is 10.5 Å². The van der Waals surface area contributed by atoms with Crippen molar-refractivity contribution in [3.05, 3.63) is 11.1 Å². The average Bonchev–Trinajstić information content (AvgIpc) is 2.47. The standard InChI is InChI=1S/C6H9N3O5S/c7-5(10)3-1-14-2-4(3)6(11)9-15(8,12)13/h1-2H2,(H2,7,10)(H,9,11)(H2,8,12,13). The van der Waals surface area contributed by atoms with Gasteiger partial charge in [0.15, 0.2) is 0 Å². The minimum absolute atomic E-state index is 0.0452. The Hall–Kier alpha value is -1.45. The first kappa shape index (κ1) is 11.6. The van der Waals surface area contributed by atoms with E-state index >= 15 is 0 Å². The van der Waals surface area contributed by atoms with Crippen LogP contribution in [-0.4, -0.2) is 33.4 Å². The van der Waals surface area contributed by atoms with Crippen LogP contribution < -0.4 is 15.6 Å². The Morgan fingerprint density at radius 3 is 2.27 bits per heavy atom. The molecule has 0 unspecified atom stereocenters. The highest BCUT2D eigenvalue weighted by atomic mass is 32.2. The van der Waals surface area contributed by atoms with Crippen LogP contribution in [0.15, 0.2) is 11.1 Å². The molecule has 0 aromatic rings. The lowest BCUT2D eigenvalue weighted by Gasteiger charge is -2.02. The third kappa shape index (κ3) is 3.01. The summed E-state index contributed by atoms with van der Waals surface area (Å²) in [5.74, 6) is -1.82. The summed E-state index contributed by atoms with van der Waals surface area (Å²) in [4.78, 5) is 22.1. The Morgan fingerprint density at radius 1 is 1.27 bits per heavy atom. The van der Waals surface area contributed by atoms with Crippen molar-refractivity contribution in [2.75, 3.05) is 13.2 Å². The molecule has 1 rings (SSSR count). The summed E-state index contributed by atoms with van der Waals surface area (Å²) in [5.41, 5.74) is 4.79. The quantitative estimate of drug-likeness (QED) is 0.481. The number of rotatable bonds is 3. The van der Waals surface area contributed by atoms with Crippen LogP contribution in [0.2, 0.25) is 0 Å². The van der Waals surface area contributed by atoms with E-state index in [2.05, 4.69) is 5.14 Å². The van der Waals surface area contributed by atoms with Crippen molar-refractivity contribution < 1.29 is 22.7 Å². The van der Waals surface area contributed by atoms with Gasteiger partial charge in [-0.25, -0.2) is 9.86 Å². The lowest BCUT2D eigenvalue weighted by Crippen LogP contribution is -2.38. The molecule has 0 atom stereocenters. The molecule has 0 fully saturated rings. The molecule has 2 amide bonds. The second kappa shape index (κ2) is 3.96. The number of ether oxygens (including phenoxy) is 1. The van der Waals surface area contributed by atoms with Crippen LogP contribution in [0.5, 0.6) is 0 Å². The molecule has 0 aromatic heterocycles. The van der Waals surface area contributed by atoms with Gasteiger partial charge in [0.05, 0.1) is 24.4 Å². The number of amides is 2. The van der Waals surface area contributed by atoms with E-state index in [1.54, 1.807) is 0 Å². The van der Waals surface area contributed by atoms with Gasteiger partial charge in [-0.2, -0.15) is 8.42 Å². The van der Waals surface area contributed by atoms with Crippen LogP contribution >= 0.6 is 0 Å². The molecule has 0 bridgehead atoms. The van der Waals surface area contributed by atoms with Crippen LogP contribution in [0.25, 0.3) is 0 Å². The molecule has 0 saturated carbocycles. The second-order valence-electron chi connectivity index (χ2n) is 2.79. The molecule has 8 nitrogen and oxygen atoms in total. The molecule has 1 aliphatic rings. The maximum atomic E-state index is 11.3. The number of nitrogens with one attached hydrogen (secondary N) is 1. The van der Waals surface area contributed by atoms with Crippen LogP contribution in [0.3, 0.4) is 0 Å². The molecule has 0 radical (unpaired) electrons. The van der Waals surface area contributed by atoms with Gasteiger partial charge in [0.1, 0.15) is 0 Å². The highest BCUT2D eigenvalue weighted by molar-refractivity contribution is 7.87. The highest BCUT2D eigenvalue weighted by Crippen LogP contribution is 2.13. The predicted octanol–water partition coefficient (Wildman–Crippen LogP) is -2.88. The van der Waals surface area contributed by atoms with Gasteiger partial charge in [-0.05, 0) is 0 Å². The van der Waals surface area contributed by atoms with Gasteiger partial charge in [0.25, 0.3) is 16.1 Å². The average molecular weight is 235 g/mol. The normalized spacial score (nSPS) is 16.6. The number of hydrogen-bond acceptors (Lipinski definition) is 5. The number of primary amides is 1. The summed E-state index contributed by atoms with van der Waals surface area (Å²) >= 11 is 0. The summed E-state index contributed by atoms with van der Waals surface area (Å²) in [6.07, 6.45) is 0. The second-order valence-corrected chi connectivity index (χ2v) is 4.08. The fourth-order valence-electron chi connectivity index (χ4n) is 1.04. The molecular formula is C6H9N3O5S. The van der Waals surface area contributed by atoms with Gasteiger partial charge in [-0.15, -0.1) is 0 Å². The zero-order chi connectivity index (χ0) is 11.6. The molecule has 0 spiro atoms. The number of carbonyl (C=O) groups is 2. The van der Waals surface area contributed by atoms with E-state index in [1.807, 2.05) is 0 Å². The van der Waals surface area contributed by atoms with Crippen LogP contribution in [0.4, 0.5) is 0 Å². The van der Waals surface area contributed by atoms with Gasteiger partial charge in [-0.1, -0.05) is 0 Å². The van der Waals surface area contributed by atoms with Gasteiger partial charge < -0.3 is 10.5 Å². The maximum absolute atomic E-state index is 11.3. The van der Waals surface area contributed by atoms with Crippen molar-refractivity contribution in [1.82, 2.24) is 4.72 Å². The van der Waals surface area contributed by atoms with E-state index in [-0.39, 0.29) is 24.4 Å². The van der Waals surface area contributed by atoms with Crippen molar-refractivity contribution in [2.45, 2.75) is 0 Å². The Morgan fingerprint density at radius 2 is 1.80 bits per heavy atom. The lowest BCUT2D eigenvalue weighted by atomic mass is 10.1. The van der Waals surface area contributed by atoms with E-state index in [0.29, 0.717) is 0 Å². The smallest absolute Gasteiger partial charge is 0.298 e. The number of hydrogen-bond donors (Lipinski definition) is 3. The highest BCUT2D eigenvalue weighted by Gasteiger charge is 2.26. The molecule has 1 aliphatic heterocycles. The molecular weight excluding hydrogens is 226 g/mol. The third-order valence-corrected chi connectivity index (χ3v) is 2.13. The first-order valence-electron chi connectivity index (χ1n) is 3.75. The van der Waals surface area contributed by atoms with Crippen LogP contribution in [0.1, 0.15) is 0 Å². The zero-order valence-corrected chi connectivity index (χ0v) is 8.33. The number of nitrogens with two attached hydrogens (primary N) is 2. The molecule has 1 heterocycles. The Balaban J connectivity index is 2.93. The van der Waals surface area contributed by atoms with Crippen LogP contribution in [0, 0.1) is 0 Å². The summed E-state index contributed by atoms with van der Waals surface area (Å²) in [5, 5.41) is 4.59. The summed E-state index contributed by atoms with van der Waals surface area (Å²) in [7, 11) is -4.15. The van der Waals surface area contributed by atoms with E-state index in [0.717, 1.165) is 0 Å². The summed E-state index contributed by atoms with van der Waals surface area (Å²) in [6.45, 7) is -0.275. The van der Waals surface area contributed by atoms with Crippen LogP contribution in [-0.2, 0) is 24.5 Å². The summed E-state index contributed by atoms with van der Waals surface area (Å²) < 4.78 is 27.4. The van der Waals surface area contributed by atoms with Crippen molar-refractivity contribution in [3.63, 3.8) is 0 Å². The first-order chi connectivity index (χ1) is 6.81. The Labute approximate surface area is 85.4 Å². The first-order valence-corrected chi connectivity index (χ1v) is 5.30. The number of carbonyl (C=O) groups excluding carboxylic acids is 2. The van der Waals surface area contributed by atoms with Crippen molar-refractivity contribution in [1.29, 1.82) is 0 Å². The fraction of sp³-hybridized carbons (Fsp3) is 0.333. The topological polar surface area (TPSA) is 142 Å². The molecule has 0 aliphatic carbocycles. The molecule has 5 N–H and O–H groups in total. The molecule has 15 heavy (non-hydrogen) atoms. The minimum Gasteiger partial charge on any atom is -0.372 e. The third-order valence-electron chi connectivity index (χ3n) is 1.66. The van der Waals surface area contributed by atoms with E-state index < -0.39 is 22.0 Å². The van der Waals surface area contributed by atoms with Gasteiger partial charge in [0.2, 0.25) is 5.91 Å². The SMILES string of the molecule is NC(=O)C1=C(C(=O)NS(N)(=O)=O)COC1. The Kier molecular flexibility index (Phi) is 3.07. The fourth-order valence-corrected chi connectivity index (χ4v) is 1.42. The zero-order valence-electron chi connectivity index (χ0n) is 7.52. The van der Waals surface area contributed by atoms with E-state index in [1.165, 1.54) is 4.72 Å². The molecule has 0 saturated heterocycles. The lowest BCUT2D eigenvalue weighted by molar-refractivity contribution is -0.117. The van der Waals surface area contributed by atoms with Gasteiger partial charge in [0, 0.05) is 0 Å². The van der Waals surface area contributed by atoms with Crippen molar-refractivity contribution in [2.24, 2.45) is 10.9 Å². The van der Waals surface area contributed by atoms with Crippen molar-refractivity contribution >= 4 is 22.0 Å². The van der Waals surface area contributed by atoms with Gasteiger partial charge in [-0.3, -0.25) is 9.59 Å².